The number of hydrogen-bond acceptors (Lipinski definition) is 4. The number of benzene rings is 1. The molecular formula is C10H10ClN5O. The summed E-state index contributed by atoms with van der Waals surface area (Å²) in [6, 6.07) is 7.47. The molecule has 1 aromatic heterocycles. The van der Waals surface area contributed by atoms with Crippen LogP contribution in [-0.4, -0.2) is 33.1 Å². The van der Waals surface area contributed by atoms with Crippen molar-refractivity contribution in [1.29, 1.82) is 0 Å². The van der Waals surface area contributed by atoms with Gasteiger partial charge in [0.1, 0.15) is 0 Å². The number of hydrogen-bond donors (Lipinski definition) is 2. The van der Waals surface area contributed by atoms with Gasteiger partial charge in [0, 0.05) is 11.6 Å². The molecule has 0 unspecified atom stereocenters. The zero-order chi connectivity index (χ0) is 12.1. The predicted molar refractivity (Wildman–Crippen MR) is 61.7 cm³/mol. The van der Waals surface area contributed by atoms with Crippen LogP contribution in [0.15, 0.2) is 24.3 Å². The van der Waals surface area contributed by atoms with E-state index in [9.17, 15) is 4.79 Å². The van der Waals surface area contributed by atoms with Crippen molar-refractivity contribution < 1.29 is 4.79 Å². The fourth-order valence-electron chi connectivity index (χ4n) is 1.31. The third-order valence-corrected chi connectivity index (χ3v) is 2.41. The Bertz CT molecular complexity index is 482. The molecule has 1 amide bonds. The smallest absolute Gasteiger partial charge is 0.292 e. The maximum Gasteiger partial charge on any atom is 0.292 e. The number of carbonyl (C=O) groups is 1. The molecular weight excluding hydrogens is 242 g/mol. The van der Waals surface area contributed by atoms with E-state index in [0.717, 1.165) is 12.0 Å². The average Bonchev–Trinajstić information content (AvgIpc) is 2.85. The summed E-state index contributed by atoms with van der Waals surface area (Å²) in [5.41, 5.74) is 1.10. The van der Waals surface area contributed by atoms with E-state index in [2.05, 4.69) is 25.9 Å². The Labute approximate surface area is 102 Å². The summed E-state index contributed by atoms with van der Waals surface area (Å²) in [4.78, 5) is 11.4. The third kappa shape index (κ3) is 3.25. The molecule has 0 fully saturated rings. The lowest BCUT2D eigenvalue weighted by molar-refractivity contribution is 0.0944. The van der Waals surface area contributed by atoms with Crippen LogP contribution in [0.3, 0.4) is 0 Å². The SMILES string of the molecule is O=C(NCCc1ccc(Cl)cc1)c1nn[nH]n1. The largest absolute Gasteiger partial charge is 0.349 e. The predicted octanol–water partition coefficient (Wildman–Crippen LogP) is 0.826. The van der Waals surface area contributed by atoms with E-state index < -0.39 is 0 Å². The van der Waals surface area contributed by atoms with E-state index in [1.165, 1.54) is 0 Å². The van der Waals surface area contributed by atoms with Gasteiger partial charge in [-0.3, -0.25) is 4.79 Å². The Morgan fingerprint density at radius 1 is 1.35 bits per heavy atom. The number of aromatic nitrogens is 4. The molecule has 2 N–H and O–H groups in total. The van der Waals surface area contributed by atoms with Crippen molar-refractivity contribution in [2.24, 2.45) is 0 Å². The number of amides is 1. The summed E-state index contributed by atoms with van der Waals surface area (Å²) >= 11 is 5.77. The average molecular weight is 252 g/mol. The first-order valence-corrected chi connectivity index (χ1v) is 5.39. The number of aromatic amines is 1. The summed E-state index contributed by atoms with van der Waals surface area (Å²) in [6.07, 6.45) is 0.723. The summed E-state index contributed by atoms with van der Waals surface area (Å²) < 4.78 is 0. The van der Waals surface area contributed by atoms with Gasteiger partial charge in [-0.1, -0.05) is 23.7 Å². The maximum atomic E-state index is 11.4. The molecule has 0 atom stereocenters. The highest BCUT2D eigenvalue weighted by atomic mass is 35.5. The molecule has 7 heteroatoms. The van der Waals surface area contributed by atoms with E-state index in [1.807, 2.05) is 24.3 Å². The highest BCUT2D eigenvalue weighted by Gasteiger charge is 2.08. The quantitative estimate of drug-likeness (QED) is 0.843. The highest BCUT2D eigenvalue weighted by Crippen LogP contribution is 2.09. The Morgan fingerprint density at radius 2 is 2.12 bits per heavy atom. The van der Waals surface area contributed by atoms with Gasteiger partial charge in [0.25, 0.3) is 11.7 Å². The van der Waals surface area contributed by atoms with Gasteiger partial charge in [-0.15, -0.1) is 10.2 Å². The molecule has 2 aromatic rings. The molecule has 0 saturated carbocycles. The Kier molecular flexibility index (Phi) is 3.66. The number of rotatable bonds is 4. The number of nitrogens with zero attached hydrogens (tertiary/aromatic N) is 3. The molecule has 0 spiro atoms. The lowest BCUT2D eigenvalue weighted by Crippen LogP contribution is -2.26. The first kappa shape index (κ1) is 11.5. The molecule has 0 aliphatic heterocycles. The molecule has 6 nitrogen and oxygen atoms in total. The second kappa shape index (κ2) is 5.40. The van der Waals surface area contributed by atoms with Gasteiger partial charge in [0.2, 0.25) is 0 Å². The summed E-state index contributed by atoms with van der Waals surface area (Å²) in [6.45, 7) is 0.509. The Hall–Kier alpha value is -1.95. The van der Waals surface area contributed by atoms with Crippen molar-refractivity contribution in [1.82, 2.24) is 25.9 Å². The van der Waals surface area contributed by atoms with E-state index >= 15 is 0 Å². The zero-order valence-electron chi connectivity index (χ0n) is 8.85. The van der Waals surface area contributed by atoms with Crippen LogP contribution in [0.5, 0.6) is 0 Å². The second-order valence-electron chi connectivity index (χ2n) is 3.37. The molecule has 2 rings (SSSR count). The number of carbonyl (C=O) groups excluding carboxylic acids is 1. The number of halogens is 1. The molecule has 17 heavy (non-hydrogen) atoms. The fourth-order valence-corrected chi connectivity index (χ4v) is 1.43. The van der Waals surface area contributed by atoms with Crippen molar-refractivity contribution in [2.75, 3.05) is 6.54 Å². The van der Waals surface area contributed by atoms with Gasteiger partial charge in [-0.2, -0.15) is 5.21 Å². The molecule has 0 aliphatic rings. The van der Waals surface area contributed by atoms with E-state index in [0.29, 0.717) is 11.6 Å². The molecule has 88 valence electrons. The lowest BCUT2D eigenvalue weighted by Gasteiger charge is -2.02. The molecule has 0 radical (unpaired) electrons. The van der Waals surface area contributed by atoms with Crippen molar-refractivity contribution in [3.8, 4) is 0 Å². The molecule has 0 aliphatic carbocycles. The summed E-state index contributed by atoms with van der Waals surface area (Å²) in [7, 11) is 0. The number of nitrogens with one attached hydrogen (secondary N) is 2. The standard InChI is InChI=1S/C10H10ClN5O/c11-8-3-1-7(2-4-8)5-6-12-10(17)9-13-15-16-14-9/h1-4H,5-6H2,(H,12,17)(H,13,14,15,16). The van der Waals surface area contributed by atoms with Gasteiger partial charge < -0.3 is 5.32 Å². The highest BCUT2D eigenvalue weighted by molar-refractivity contribution is 6.30. The fraction of sp³-hybridized carbons (Fsp3) is 0.200. The van der Waals surface area contributed by atoms with Gasteiger partial charge in [-0.05, 0) is 29.3 Å². The van der Waals surface area contributed by atoms with Crippen molar-refractivity contribution in [2.45, 2.75) is 6.42 Å². The van der Waals surface area contributed by atoms with Crippen molar-refractivity contribution in [3.63, 3.8) is 0 Å². The van der Waals surface area contributed by atoms with Crippen LogP contribution in [0.2, 0.25) is 5.02 Å². The van der Waals surface area contributed by atoms with Crippen LogP contribution in [0, 0.1) is 0 Å². The van der Waals surface area contributed by atoms with Gasteiger partial charge in [0.05, 0.1) is 0 Å². The molecule has 1 aromatic carbocycles. The van der Waals surface area contributed by atoms with E-state index in [-0.39, 0.29) is 11.7 Å². The normalized spacial score (nSPS) is 10.2. The first-order valence-electron chi connectivity index (χ1n) is 5.02. The Balaban J connectivity index is 1.80. The van der Waals surface area contributed by atoms with Crippen LogP contribution in [0.4, 0.5) is 0 Å². The van der Waals surface area contributed by atoms with Crippen molar-refractivity contribution in [3.05, 3.63) is 40.7 Å². The minimum atomic E-state index is -0.340. The zero-order valence-corrected chi connectivity index (χ0v) is 9.61. The van der Waals surface area contributed by atoms with Crippen LogP contribution in [0.1, 0.15) is 16.2 Å². The third-order valence-electron chi connectivity index (χ3n) is 2.16. The van der Waals surface area contributed by atoms with E-state index in [4.69, 9.17) is 11.6 Å². The lowest BCUT2D eigenvalue weighted by atomic mass is 10.1. The van der Waals surface area contributed by atoms with Crippen LogP contribution >= 0.6 is 11.6 Å². The van der Waals surface area contributed by atoms with E-state index in [1.54, 1.807) is 0 Å². The minimum absolute atomic E-state index is 0.0427. The second-order valence-corrected chi connectivity index (χ2v) is 3.80. The van der Waals surface area contributed by atoms with Gasteiger partial charge >= 0.3 is 0 Å². The molecule has 1 heterocycles. The van der Waals surface area contributed by atoms with Crippen LogP contribution < -0.4 is 5.32 Å². The molecule has 0 saturated heterocycles. The van der Waals surface area contributed by atoms with Gasteiger partial charge in [-0.25, -0.2) is 0 Å². The van der Waals surface area contributed by atoms with Crippen LogP contribution in [-0.2, 0) is 6.42 Å². The summed E-state index contributed by atoms with van der Waals surface area (Å²) in [5.74, 6) is -0.297. The molecule has 0 bridgehead atoms. The topological polar surface area (TPSA) is 83.6 Å². The monoisotopic (exact) mass is 251 g/mol. The number of H-pyrrole nitrogens is 1. The number of tetrazole rings is 1. The van der Waals surface area contributed by atoms with Crippen molar-refractivity contribution >= 4 is 17.5 Å². The van der Waals surface area contributed by atoms with Gasteiger partial charge in [0.15, 0.2) is 0 Å². The minimum Gasteiger partial charge on any atom is -0.349 e. The Morgan fingerprint density at radius 3 is 2.76 bits per heavy atom. The first-order chi connectivity index (χ1) is 8.25. The summed E-state index contributed by atoms with van der Waals surface area (Å²) in [5, 5.41) is 16.1. The van der Waals surface area contributed by atoms with Crippen LogP contribution in [0.25, 0.3) is 0 Å². The maximum absolute atomic E-state index is 11.4.